The van der Waals surface area contributed by atoms with E-state index in [-0.39, 0.29) is 46.4 Å². The highest BCUT2D eigenvalue weighted by molar-refractivity contribution is 8.18. The lowest BCUT2D eigenvalue weighted by molar-refractivity contribution is -0.386. The molecule has 0 aliphatic carbocycles. The fraction of sp³-hybridized carbons (Fsp3) is 0.160. The molecule has 11 heteroatoms. The van der Waals surface area contributed by atoms with Crippen molar-refractivity contribution < 1.29 is 28.7 Å². The number of ether oxygens (including phenoxy) is 3. The Morgan fingerprint density at radius 3 is 2.61 bits per heavy atom. The zero-order valence-corrected chi connectivity index (χ0v) is 20.2. The third kappa shape index (κ3) is 5.63. The largest absolute Gasteiger partial charge is 0.493 e. The number of rotatable bonds is 9. The Labute approximate surface area is 210 Å². The fourth-order valence-corrected chi connectivity index (χ4v) is 4.16. The SMILES string of the molecule is COc1cc(/C=C2\SC(=O)N(CCOc3ccc(C)cc3)C2=O)ccc1Oc1ncccc1[N+](=O)[O-]. The van der Waals surface area contributed by atoms with E-state index in [2.05, 4.69) is 4.98 Å². The Hall–Kier alpha value is -4.38. The first kappa shape index (κ1) is 24.7. The summed E-state index contributed by atoms with van der Waals surface area (Å²) in [7, 11) is 1.42. The highest BCUT2D eigenvalue weighted by atomic mass is 32.2. The summed E-state index contributed by atoms with van der Waals surface area (Å²) in [6, 6.07) is 15.0. The molecular weight excluding hydrogens is 486 g/mol. The number of hydrogen-bond donors (Lipinski definition) is 0. The first-order valence-corrected chi connectivity index (χ1v) is 11.6. The molecule has 1 saturated heterocycles. The standard InChI is InChI=1S/C25H21N3O7S/c1-16-5-8-18(9-6-16)34-13-12-27-24(29)22(36-25(27)30)15-17-7-10-20(21(14-17)33-2)35-23-19(28(31)32)4-3-11-26-23/h3-11,14-15H,12-13H2,1-2H3/b22-15-. The predicted octanol–water partition coefficient (Wildman–Crippen LogP) is 5.21. The van der Waals surface area contributed by atoms with E-state index in [0.29, 0.717) is 11.3 Å². The Morgan fingerprint density at radius 2 is 1.89 bits per heavy atom. The third-order valence-corrected chi connectivity index (χ3v) is 6.03. The molecule has 0 spiro atoms. The average molecular weight is 508 g/mol. The van der Waals surface area contributed by atoms with E-state index in [1.807, 2.05) is 31.2 Å². The number of thioether (sulfide) groups is 1. The summed E-state index contributed by atoms with van der Waals surface area (Å²) in [4.78, 5) is 41.1. The summed E-state index contributed by atoms with van der Waals surface area (Å²) in [5, 5.41) is 10.8. The molecule has 3 aromatic rings. The van der Waals surface area contributed by atoms with Gasteiger partial charge in [-0.3, -0.25) is 24.6 Å². The summed E-state index contributed by atoms with van der Waals surface area (Å²) >= 11 is 0.836. The summed E-state index contributed by atoms with van der Waals surface area (Å²) in [5.41, 5.74) is 1.40. The maximum Gasteiger partial charge on any atom is 0.331 e. The van der Waals surface area contributed by atoms with Crippen molar-refractivity contribution in [3.8, 4) is 23.1 Å². The number of imide groups is 1. The number of nitro groups is 1. The van der Waals surface area contributed by atoms with Gasteiger partial charge in [-0.2, -0.15) is 0 Å². The van der Waals surface area contributed by atoms with Crippen LogP contribution < -0.4 is 14.2 Å². The molecule has 4 rings (SSSR count). The number of carbonyl (C=O) groups is 2. The third-order valence-electron chi connectivity index (χ3n) is 5.12. The molecule has 2 heterocycles. The number of nitrogens with zero attached hydrogens (tertiary/aromatic N) is 3. The van der Waals surface area contributed by atoms with Gasteiger partial charge in [-0.05, 0) is 60.7 Å². The topological polar surface area (TPSA) is 121 Å². The normalized spacial score (nSPS) is 14.3. The Kier molecular flexibility index (Phi) is 7.50. The van der Waals surface area contributed by atoms with Crippen LogP contribution in [0.3, 0.4) is 0 Å². The number of amides is 2. The lowest BCUT2D eigenvalue weighted by Gasteiger charge is -2.13. The molecule has 0 atom stereocenters. The van der Waals surface area contributed by atoms with Crippen LogP contribution in [0.5, 0.6) is 23.1 Å². The zero-order chi connectivity index (χ0) is 25.7. The maximum absolute atomic E-state index is 12.8. The zero-order valence-electron chi connectivity index (χ0n) is 19.4. The maximum atomic E-state index is 12.8. The molecule has 0 saturated carbocycles. The van der Waals surface area contributed by atoms with Crippen LogP contribution >= 0.6 is 11.8 Å². The smallest absolute Gasteiger partial charge is 0.331 e. The average Bonchev–Trinajstić information content (AvgIpc) is 3.13. The molecule has 2 amide bonds. The number of methoxy groups -OCH3 is 1. The van der Waals surface area contributed by atoms with Crippen LogP contribution in [0.25, 0.3) is 6.08 Å². The number of hydrogen-bond acceptors (Lipinski definition) is 9. The predicted molar refractivity (Wildman–Crippen MR) is 133 cm³/mol. The van der Waals surface area contributed by atoms with Gasteiger partial charge in [0.1, 0.15) is 12.4 Å². The van der Waals surface area contributed by atoms with Crippen molar-refractivity contribution in [2.24, 2.45) is 0 Å². The van der Waals surface area contributed by atoms with Crippen molar-refractivity contribution in [3.05, 3.63) is 86.9 Å². The van der Waals surface area contributed by atoms with Gasteiger partial charge in [0.25, 0.3) is 17.0 Å². The number of carbonyl (C=O) groups excluding carboxylic acids is 2. The minimum absolute atomic E-state index is 0.120. The lowest BCUT2D eigenvalue weighted by atomic mass is 10.2. The molecule has 1 aromatic heterocycles. The first-order valence-electron chi connectivity index (χ1n) is 10.8. The van der Waals surface area contributed by atoms with Crippen LogP contribution in [-0.2, 0) is 4.79 Å². The lowest BCUT2D eigenvalue weighted by Crippen LogP contribution is -2.32. The monoisotopic (exact) mass is 507 g/mol. The fourth-order valence-electron chi connectivity index (χ4n) is 3.30. The van der Waals surface area contributed by atoms with Crippen LogP contribution in [0.4, 0.5) is 10.5 Å². The van der Waals surface area contributed by atoms with Crippen LogP contribution in [0, 0.1) is 17.0 Å². The van der Waals surface area contributed by atoms with Crippen LogP contribution in [0.1, 0.15) is 11.1 Å². The molecule has 1 aliphatic heterocycles. The van der Waals surface area contributed by atoms with Gasteiger partial charge >= 0.3 is 5.69 Å². The molecule has 0 radical (unpaired) electrons. The molecule has 2 aromatic carbocycles. The van der Waals surface area contributed by atoms with Crippen molar-refractivity contribution >= 4 is 34.7 Å². The van der Waals surface area contributed by atoms with Crippen molar-refractivity contribution in [3.63, 3.8) is 0 Å². The molecule has 0 N–H and O–H groups in total. The van der Waals surface area contributed by atoms with E-state index in [0.717, 1.165) is 22.2 Å². The van der Waals surface area contributed by atoms with Gasteiger partial charge in [0.2, 0.25) is 0 Å². The molecule has 1 aliphatic rings. The van der Waals surface area contributed by atoms with E-state index in [1.165, 1.54) is 25.4 Å². The van der Waals surface area contributed by atoms with E-state index in [9.17, 15) is 19.7 Å². The van der Waals surface area contributed by atoms with E-state index in [4.69, 9.17) is 14.2 Å². The highest BCUT2D eigenvalue weighted by Crippen LogP contribution is 2.37. The molecule has 0 bridgehead atoms. The molecule has 10 nitrogen and oxygen atoms in total. The van der Waals surface area contributed by atoms with Gasteiger partial charge in [0.05, 0.1) is 23.5 Å². The van der Waals surface area contributed by atoms with Gasteiger partial charge in [0, 0.05) is 12.3 Å². The second-order valence-electron chi connectivity index (χ2n) is 7.59. The van der Waals surface area contributed by atoms with Gasteiger partial charge < -0.3 is 14.2 Å². The van der Waals surface area contributed by atoms with Gasteiger partial charge in [-0.25, -0.2) is 4.98 Å². The minimum atomic E-state index is -0.592. The van der Waals surface area contributed by atoms with Crippen molar-refractivity contribution in [2.45, 2.75) is 6.92 Å². The van der Waals surface area contributed by atoms with Gasteiger partial charge in [-0.1, -0.05) is 23.8 Å². The van der Waals surface area contributed by atoms with E-state index < -0.39 is 10.8 Å². The number of aromatic nitrogens is 1. The Morgan fingerprint density at radius 1 is 1.11 bits per heavy atom. The quantitative estimate of drug-likeness (QED) is 0.218. The number of benzene rings is 2. The van der Waals surface area contributed by atoms with Crippen LogP contribution in [0.15, 0.2) is 65.7 Å². The van der Waals surface area contributed by atoms with Crippen molar-refractivity contribution in [2.75, 3.05) is 20.3 Å². The summed E-state index contributed by atoms with van der Waals surface area (Å²) in [6.07, 6.45) is 2.95. The second-order valence-corrected chi connectivity index (χ2v) is 8.59. The van der Waals surface area contributed by atoms with E-state index >= 15 is 0 Å². The Bertz CT molecular complexity index is 1340. The van der Waals surface area contributed by atoms with Crippen LogP contribution in [-0.4, -0.2) is 46.2 Å². The molecule has 0 unspecified atom stereocenters. The summed E-state index contributed by atoms with van der Waals surface area (Å²) in [6.45, 7) is 2.27. The number of aryl methyl sites for hydroxylation is 1. The van der Waals surface area contributed by atoms with Gasteiger partial charge in [-0.15, -0.1) is 0 Å². The van der Waals surface area contributed by atoms with Gasteiger partial charge in [0.15, 0.2) is 11.5 Å². The molecule has 184 valence electrons. The molecular formula is C25H21N3O7S. The molecule has 36 heavy (non-hydrogen) atoms. The van der Waals surface area contributed by atoms with Crippen LogP contribution in [0.2, 0.25) is 0 Å². The Balaban J connectivity index is 1.45. The highest BCUT2D eigenvalue weighted by Gasteiger charge is 2.34. The second kappa shape index (κ2) is 10.9. The van der Waals surface area contributed by atoms with Crippen molar-refractivity contribution in [1.29, 1.82) is 0 Å². The first-order chi connectivity index (χ1) is 17.4. The summed E-state index contributed by atoms with van der Waals surface area (Å²) < 4.78 is 16.6. The van der Waals surface area contributed by atoms with E-state index in [1.54, 1.807) is 24.3 Å². The molecule has 1 fully saturated rings. The number of pyridine rings is 1. The summed E-state index contributed by atoms with van der Waals surface area (Å²) in [5.74, 6) is 0.546. The van der Waals surface area contributed by atoms with Crippen molar-refractivity contribution in [1.82, 2.24) is 9.88 Å². The minimum Gasteiger partial charge on any atom is -0.493 e.